The molecule has 0 amide bonds. The van der Waals surface area contributed by atoms with Gasteiger partial charge in [0.25, 0.3) is 0 Å². The van der Waals surface area contributed by atoms with Crippen LogP contribution in [0.5, 0.6) is 0 Å². The zero-order valence-electron chi connectivity index (χ0n) is 11.9. The van der Waals surface area contributed by atoms with Gasteiger partial charge in [0.2, 0.25) is 10.0 Å². The second-order valence-electron chi connectivity index (χ2n) is 5.99. The van der Waals surface area contributed by atoms with E-state index in [4.69, 9.17) is 5.14 Å². The molecule has 1 unspecified atom stereocenters. The maximum atomic E-state index is 13.7. The highest BCUT2D eigenvalue weighted by Gasteiger charge is 2.17. The van der Waals surface area contributed by atoms with Gasteiger partial charge in [0, 0.05) is 6.54 Å². The Kier molecular flexibility index (Phi) is 5.12. The number of aliphatic hydroxyl groups is 1. The molecule has 4 N–H and O–H groups in total. The number of nitrogens with one attached hydrogen (secondary N) is 1. The van der Waals surface area contributed by atoms with E-state index in [1.54, 1.807) is 0 Å². The van der Waals surface area contributed by atoms with E-state index in [2.05, 4.69) is 5.32 Å². The van der Waals surface area contributed by atoms with Crippen LogP contribution in [-0.4, -0.2) is 26.2 Å². The predicted molar refractivity (Wildman–Crippen MR) is 76.3 cm³/mol. The highest BCUT2D eigenvalue weighted by Crippen LogP contribution is 2.22. The number of sulfonamides is 1. The van der Waals surface area contributed by atoms with Crippen molar-refractivity contribution in [2.24, 2.45) is 10.6 Å². The molecule has 7 heteroatoms. The molecule has 1 rings (SSSR count). The third-order valence-corrected chi connectivity index (χ3v) is 3.56. The summed E-state index contributed by atoms with van der Waals surface area (Å²) >= 11 is 0. The van der Waals surface area contributed by atoms with E-state index < -0.39 is 21.9 Å². The lowest BCUT2D eigenvalue weighted by Gasteiger charge is -2.22. The molecule has 0 spiro atoms. The van der Waals surface area contributed by atoms with E-state index in [0.29, 0.717) is 6.42 Å². The molecule has 1 atom stereocenters. The van der Waals surface area contributed by atoms with E-state index in [-0.39, 0.29) is 22.5 Å². The first-order chi connectivity index (χ1) is 8.99. The molecule has 0 aromatic heterocycles. The van der Waals surface area contributed by atoms with Gasteiger partial charge in [0.15, 0.2) is 0 Å². The van der Waals surface area contributed by atoms with Crippen LogP contribution in [-0.2, 0) is 10.0 Å². The summed E-state index contributed by atoms with van der Waals surface area (Å²) in [7, 11) is -3.91. The lowest BCUT2D eigenvalue weighted by molar-refractivity contribution is 0.132. The average Bonchev–Trinajstić information content (AvgIpc) is 2.23. The number of nitrogens with two attached hydrogens (primary N) is 1. The number of primary sulfonamides is 1. The molecule has 0 saturated carbocycles. The zero-order chi connectivity index (χ0) is 15.6. The standard InChI is InChI=1S/C13H21FN2O3S/c1-13(2,3)7-9(17)8-16-12-5-4-10(6-11(12)14)20(15,18)19/h4-6,9,16-17H,7-8H2,1-3H3,(H2,15,18,19). The van der Waals surface area contributed by atoms with Gasteiger partial charge in [-0.15, -0.1) is 0 Å². The number of hydrogen-bond acceptors (Lipinski definition) is 4. The molecular formula is C13H21FN2O3S. The molecule has 20 heavy (non-hydrogen) atoms. The number of benzene rings is 1. The molecule has 5 nitrogen and oxygen atoms in total. The number of aliphatic hydroxyl groups excluding tert-OH is 1. The Morgan fingerprint density at radius 2 is 2.00 bits per heavy atom. The molecule has 0 saturated heterocycles. The fourth-order valence-electron chi connectivity index (χ4n) is 1.82. The summed E-state index contributed by atoms with van der Waals surface area (Å²) in [5.74, 6) is -0.723. The van der Waals surface area contributed by atoms with Crippen molar-refractivity contribution in [2.45, 2.75) is 38.2 Å². The Morgan fingerprint density at radius 3 is 2.45 bits per heavy atom. The first-order valence-electron chi connectivity index (χ1n) is 6.23. The Balaban J connectivity index is 2.71. The van der Waals surface area contributed by atoms with Gasteiger partial charge < -0.3 is 10.4 Å². The molecule has 0 aliphatic rings. The number of hydrogen-bond donors (Lipinski definition) is 3. The van der Waals surface area contributed by atoms with Crippen molar-refractivity contribution < 1.29 is 17.9 Å². The largest absolute Gasteiger partial charge is 0.391 e. The normalized spacial score (nSPS) is 14.1. The van der Waals surface area contributed by atoms with Gasteiger partial charge in [-0.25, -0.2) is 17.9 Å². The molecule has 0 aliphatic heterocycles. The minimum Gasteiger partial charge on any atom is -0.391 e. The van der Waals surface area contributed by atoms with Gasteiger partial charge in [-0.2, -0.15) is 0 Å². The quantitative estimate of drug-likeness (QED) is 0.771. The fourth-order valence-corrected chi connectivity index (χ4v) is 2.35. The number of rotatable bonds is 5. The molecule has 0 aliphatic carbocycles. The van der Waals surface area contributed by atoms with Crippen LogP contribution in [0.2, 0.25) is 0 Å². The van der Waals surface area contributed by atoms with E-state index in [9.17, 15) is 17.9 Å². The van der Waals surface area contributed by atoms with Crippen LogP contribution in [0.1, 0.15) is 27.2 Å². The van der Waals surface area contributed by atoms with Crippen molar-refractivity contribution in [2.75, 3.05) is 11.9 Å². The summed E-state index contributed by atoms with van der Waals surface area (Å²) in [6, 6.07) is 3.36. The molecule has 0 fully saturated rings. The van der Waals surface area contributed by atoms with Crippen LogP contribution in [0.15, 0.2) is 23.1 Å². The first kappa shape index (κ1) is 16.9. The first-order valence-corrected chi connectivity index (χ1v) is 7.78. The second-order valence-corrected chi connectivity index (χ2v) is 7.55. The molecule has 0 bridgehead atoms. The van der Waals surface area contributed by atoms with E-state index in [1.807, 2.05) is 20.8 Å². The van der Waals surface area contributed by atoms with E-state index >= 15 is 0 Å². The third-order valence-electron chi connectivity index (χ3n) is 2.65. The highest BCUT2D eigenvalue weighted by molar-refractivity contribution is 7.89. The lowest BCUT2D eigenvalue weighted by atomic mass is 9.89. The van der Waals surface area contributed by atoms with Crippen LogP contribution in [0.4, 0.5) is 10.1 Å². The minimum absolute atomic E-state index is 0.0306. The van der Waals surface area contributed by atoms with Crippen LogP contribution in [0.3, 0.4) is 0 Å². The fraction of sp³-hybridized carbons (Fsp3) is 0.538. The van der Waals surface area contributed by atoms with Gasteiger partial charge in [-0.1, -0.05) is 20.8 Å². The Morgan fingerprint density at radius 1 is 1.40 bits per heavy atom. The van der Waals surface area contributed by atoms with Crippen molar-refractivity contribution in [3.8, 4) is 0 Å². The number of halogens is 1. The second kappa shape index (κ2) is 6.07. The van der Waals surface area contributed by atoms with Crippen LogP contribution < -0.4 is 10.5 Å². The Hall–Kier alpha value is -1.18. The van der Waals surface area contributed by atoms with Gasteiger partial charge >= 0.3 is 0 Å². The van der Waals surface area contributed by atoms with Gasteiger partial charge in [-0.3, -0.25) is 0 Å². The zero-order valence-corrected chi connectivity index (χ0v) is 12.7. The van der Waals surface area contributed by atoms with E-state index in [0.717, 1.165) is 6.07 Å². The summed E-state index contributed by atoms with van der Waals surface area (Å²) in [4.78, 5) is -0.282. The SMILES string of the molecule is CC(C)(C)CC(O)CNc1ccc(S(N)(=O)=O)cc1F. The van der Waals surface area contributed by atoms with Crippen molar-refractivity contribution in [1.82, 2.24) is 0 Å². The molecule has 0 radical (unpaired) electrons. The molecule has 0 heterocycles. The molecule has 114 valence electrons. The van der Waals surface area contributed by atoms with Crippen molar-refractivity contribution in [3.05, 3.63) is 24.0 Å². The summed E-state index contributed by atoms with van der Waals surface area (Å²) < 4.78 is 35.8. The maximum absolute atomic E-state index is 13.7. The van der Waals surface area contributed by atoms with Crippen molar-refractivity contribution >= 4 is 15.7 Å². The van der Waals surface area contributed by atoms with Crippen LogP contribution in [0, 0.1) is 11.2 Å². The predicted octanol–water partition coefficient (Wildman–Crippen LogP) is 1.68. The average molecular weight is 304 g/mol. The monoisotopic (exact) mass is 304 g/mol. The summed E-state index contributed by atoms with van der Waals surface area (Å²) in [6.45, 7) is 6.18. The topological polar surface area (TPSA) is 92.4 Å². The summed E-state index contributed by atoms with van der Waals surface area (Å²) in [6.07, 6.45) is -0.0519. The van der Waals surface area contributed by atoms with Gasteiger partial charge in [0.05, 0.1) is 16.7 Å². The van der Waals surface area contributed by atoms with Crippen molar-refractivity contribution in [3.63, 3.8) is 0 Å². The maximum Gasteiger partial charge on any atom is 0.238 e. The Labute approximate surface area is 119 Å². The smallest absolute Gasteiger partial charge is 0.238 e. The van der Waals surface area contributed by atoms with Crippen molar-refractivity contribution in [1.29, 1.82) is 0 Å². The molecule has 1 aromatic rings. The number of anilines is 1. The van der Waals surface area contributed by atoms with Gasteiger partial charge in [0.1, 0.15) is 5.82 Å². The van der Waals surface area contributed by atoms with E-state index in [1.165, 1.54) is 12.1 Å². The Bertz CT molecular complexity index is 567. The molecular weight excluding hydrogens is 283 g/mol. The van der Waals surface area contributed by atoms with Gasteiger partial charge in [-0.05, 0) is 30.0 Å². The third kappa shape index (κ3) is 5.44. The lowest BCUT2D eigenvalue weighted by Crippen LogP contribution is -2.25. The van der Waals surface area contributed by atoms with Crippen LogP contribution >= 0.6 is 0 Å². The van der Waals surface area contributed by atoms with Crippen LogP contribution in [0.25, 0.3) is 0 Å². The molecule has 1 aromatic carbocycles. The highest BCUT2D eigenvalue weighted by atomic mass is 32.2. The summed E-state index contributed by atoms with van der Waals surface area (Å²) in [5, 5.41) is 17.5. The minimum atomic E-state index is -3.91. The summed E-state index contributed by atoms with van der Waals surface area (Å²) in [5.41, 5.74) is 0.0993.